The van der Waals surface area contributed by atoms with E-state index in [0.29, 0.717) is 41.6 Å². The lowest BCUT2D eigenvalue weighted by atomic mass is 9.79. The second kappa shape index (κ2) is 10.6. The van der Waals surface area contributed by atoms with E-state index in [0.717, 1.165) is 63.0 Å². The molecule has 0 unspecified atom stereocenters. The third kappa shape index (κ3) is 5.15. The highest BCUT2D eigenvalue weighted by Crippen LogP contribution is 2.47. The van der Waals surface area contributed by atoms with Gasteiger partial charge in [0.1, 0.15) is 5.75 Å². The van der Waals surface area contributed by atoms with Crippen molar-refractivity contribution in [3.63, 3.8) is 0 Å². The molecule has 2 saturated carbocycles. The van der Waals surface area contributed by atoms with Gasteiger partial charge < -0.3 is 14.2 Å². The molecule has 0 amide bonds. The molecule has 7 heteroatoms. The molecule has 0 N–H and O–H groups in total. The Bertz CT molecular complexity index is 1210. The summed E-state index contributed by atoms with van der Waals surface area (Å²) >= 11 is 0. The van der Waals surface area contributed by atoms with Crippen LogP contribution >= 0.6 is 0 Å². The molecule has 0 bridgehead atoms. The van der Waals surface area contributed by atoms with E-state index in [1.165, 1.54) is 30.4 Å². The Kier molecular flexibility index (Phi) is 7.21. The maximum atomic E-state index is 14.3. The van der Waals surface area contributed by atoms with Crippen LogP contribution in [0, 0.1) is 11.8 Å². The zero-order valence-electron chi connectivity index (χ0n) is 21.9. The Hall–Kier alpha value is -2.09. The summed E-state index contributed by atoms with van der Waals surface area (Å²) in [4.78, 5) is 0.319. The van der Waals surface area contributed by atoms with Gasteiger partial charge in [0.25, 0.3) is 10.0 Å². The predicted molar refractivity (Wildman–Crippen MR) is 144 cm³/mol. The molecular formula is C30H39NO5S. The van der Waals surface area contributed by atoms with Crippen molar-refractivity contribution in [3.8, 4) is 5.75 Å². The molecule has 6 rings (SSSR count). The highest BCUT2D eigenvalue weighted by atomic mass is 32.2. The van der Waals surface area contributed by atoms with Gasteiger partial charge in [0.2, 0.25) is 0 Å². The van der Waals surface area contributed by atoms with Crippen LogP contribution in [0.4, 0.5) is 5.69 Å². The molecule has 0 aromatic heterocycles. The zero-order chi connectivity index (χ0) is 25.4. The molecular weight excluding hydrogens is 486 g/mol. The van der Waals surface area contributed by atoms with E-state index in [9.17, 15) is 8.42 Å². The molecule has 4 aliphatic rings. The zero-order valence-corrected chi connectivity index (χ0v) is 22.7. The van der Waals surface area contributed by atoms with Gasteiger partial charge in [-0.25, -0.2) is 8.42 Å². The summed E-state index contributed by atoms with van der Waals surface area (Å²) in [6.07, 6.45) is 9.84. The van der Waals surface area contributed by atoms with Crippen molar-refractivity contribution >= 4 is 15.7 Å². The Morgan fingerprint density at radius 3 is 2.49 bits per heavy atom. The average Bonchev–Trinajstić information content (AvgIpc) is 3.72. The molecule has 2 aromatic carbocycles. The lowest BCUT2D eigenvalue weighted by Crippen LogP contribution is -2.45. The summed E-state index contributed by atoms with van der Waals surface area (Å²) in [6, 6.07) is 11.9. The number of benzene rings is 2. The smallest absolute Gasteiger partial charge is 0.264 e. The average molecular weight is 526 g/mol. The SMILES string of the molecule is COCc1cc(S(=O)(=O)N2c3ccc(C4CCC4)cc3CC[C@H]2C2CC2)ccc1OCC1CCOCC1. The van der Waals surface area contributed by atoms with Gasteiger partial charge >= 0.3 is 0 Å². The van der Waals surface area contributed by atoms with Crippen molar-refractivity contribution in [1.29, 1.82) is 0 Å². The summed E-state index contributed by atoms with van der Waals surface area (Å²) in [7, 11) is -2.11. The topological polar surface area (TPSA) is 65.1 Å². The maximum Gasteiger partial charge on any atom is 0.264 e. The van der Waals surface area contributed by atoms with Crippen molar-refractivity contribution in [3.05, 3.63) is 53.1 Å². The van der Waals surface area contributed by atoms with Crippen LogP contribution in [0.1, 0.15) is 74.0 Å². The molecule has 0 spiro atoms. The first-order valence-corrected chi connectivity index (χ1v) is 15.5. The van der Waals surface area contributed by atoms with E-state index in [1.807, 2.05) is 6.07 Å². The van der Waals surface area contributed by atoms with Gasteiger partial charge in [-0.3, -0.25) is 4.31 Å². The van der Waals surface area contributed by atoms with Crippen LogP contribution in [0.15, 0.2) is 41.3 Å². The fraction of sp³-hybridized carbons (Fsp3) is 0.600. The second-order valence-electron chi connectivity index (χ2n) is 11.3. The highest BCUT2D eigenvalue weighted by molar-refractivity contribution is 7.92. The molecule has 2 aromatic rings. The van der Waals surface area contributed by atoms with E-state index in [2.05, 4.69) is 18.2 Å². The lowest BCUT2D eigenvalue weighted by molar-refractivity contribution is 0.0492. The fourth-order valence-corrected chi connectivity index (χ4v) is 8.02. The van der Waals surface area contributed by atoms with Crippen molar-refractivity contribution in [2.24, 2.45) is 11.8 Å². The summed E-state index contributed by atoms with van der Waals surface area (Å²) in [5, 5.41) is 0. The van der Waals surface area contributed by atoms with Gasteiger partial charge in [-0.05, 0) is 105 Å². The van der Waals surface area contributed by atoms with Crippen molar-refractivity contribution < 1.29 is 22.6 Å². The third-order valence-corrected chi connectivity index (χ3v) is 10.6. The molecule has 200 valence electrons. The fourth-order valence-electron chi connectivity index (χ4n) is 6.19. The number of ether oxygens (including phenoxy) is 3. The number of fused-ring (bicyclic) bond motifs is 1. The van der Waals surface area contributed by atoms with Crippen molar-refractivity contribution in [2.75, 3.05) is 31.2 Å². The molecule has 1 atom stereocenters. The Morgan fingerprint density at radius 2 is 1.78 bits per heavy atom. The molecule has 1 saturated heterocycles. The Labute approximate surface area is 221 Å². The van der Waals surface area contributed by atoms with Gasteiger partial charge in [-0.15, -0.1) is 0 Å². The normalized spacial score (nSPS) is 22.9. The summed E-state index contributed by atoms with van der Waals surface area (Å²) < 4.78 is 47.4. The highest BCUT2D eigenvalue weighted by Gasteiger charge is 2.44. The minimum Gasteiger partial charge on any atom is -0.493 e. The van der Waals surface area contributed by atoms with E-state index in [4.69, 9.17) is 14.2 Å². The van der Waals surface area contributed by atoms with E-state index in [1.54, 1.807) is 23.5 Å². The van der Waals surface area contributed by atoms with Crippen LogP contribution in [0.3, 0.4) is 0 Å². The molecule has 6 nitrogen and oxygen atoms in total. The summed E-state index contributed by atoms with van der Waals surface area (Å²) in [5.74, 6) is 2.26. The molecule has 37 heavy (non-hydrogen) atoms. The maximum absolute atomic E-state index is 14.3. The van der Waals surface area contributed by atoms with Crippen LogP contribution < -0.4 is 9.04 Å². The second-order valence-corrected chi connectivity index (χ2v) is 13.1. The first-order valence-electron chi connectivity index (χ1n) is 14.0. The number of methoxy groups -OCH3 is 1. The van der Waals surface area contributed by atoms with Gasteiger partial charge in [0.05, 0.1) is 23.8 Å². The quantitative estimate of drug-likeness (QED) is 0.412. The lowest BCUT2D eigenvalue weighted by Gasteiger charge is -2.39. The Morgan fingerprint density at radius 1 is 0.973 bits per heavy atom. The van der Waals surface area contributed by atoms with Crippen molar-refractivity contribution in [1.82, 2.24) is 0 Å². The van der Waals surface area contributed by atoms with E-state index >= 15 is 0 Å². The standard InChI is InChI=1S/C30H39NO5S/c1-34-20-26-18-27(9-12-30(26)36-19-21-13-15-35-16-14-21)37(32,33)31-28(23-5-6-23)11-8-25-17-24(7-10-29(25)31)22-3-2-4-22/h7,9-10,12,17-18,21-23,28H,2-6,8,11,13-16,19-20H2,1H3/t28-/m0/s1. The third-order valence-electron chi connectivity index (χ3n) is 8.80. The number of sulfonamides is 1. The molecule has 2 aliphatic carbocycles. The van der Waals surface area contributed by atoms with Crippen LogP contribution in [-0.2, 0) is 32.5 Å². The monoisotopic (exact) mass is 525 g/mol. The van der Waals surface area contributed by atoms with Crippen LogP contribution in [0.5, 0.6) is 5.75 Å². The summed E-state index contributed by atoms with van der Waals surface area (Å²) in [6.45, 7) is 2.47. The van der Waals surface area contributed by atoms with Gasteiger partial charge in [-0.1, -0.05) is 18.6 Å². The van der Waals surface area contributed by atoms with Crippen molar-refractivity contribution in [2.45, 2.75) is 81.2 Å². The van der Waals surface area contributed by atoms with Crippen LogP contribution in [0.25, 0.3) is 0 Å². The number of nitrogens with zero attached hydrogens (tertiary/aromatic N) is 1. The first kappa shape index (κ1) is 25.2. The largest absolute Gasteiger partial charge is 0.493 e. The number of aryl methyl sites for hydroxylation is 1. The number of rotatable bonds is 9. The molecule has 3 fully saturated rings. The van der Waals surface area contributed by atoms with Gasteiger partial charge in [-0.2, -0.15) is 0 Å². The minimum atomic E-state index is -3.74. The van der Waals surface area contributed by atoms with Gasteiger partial charge in [0, 0.05) is 31.9 Å². The van der Waals surface area contributed by atoms with E-state index in [-0.39, 0.29) is 6.04 Å². The molecule has 0 radical (unpaired) electrons. The van der Waals surface area contributed by atoms with Gasteiger partial charge in [0.15, 0.2) is 0 Å². The van der Waals surface area contributed by atoms with Crippen LogP contribution in [-0.4, -0.2) is 41.4 Å². The first-order chi connectivity index (χ1) is 18.0. The Balaban J connectivity index is 1.30. The molecule has 2 aliphatic heterocycles. The number of hydrogen-bond acceptors (Lipinski definition) is 5. The summed E-state index contributed by atoms with van der Waals surface area (Å²) in [5.41, 5.74) is 4.20. The molecule has 2 heterocycles. The number of anilines is 1. The van der Waals surface area contributed by atoms with E-state index < -0.39 is 10.0 Å². The van der Waals surface area contributed by atoms with Crippen LogP contribution in [0.2, 0.25) is 0 Å². The predicted octanol–water partition coefficient (Wildman–Crippen LogP) is 5.83. The minimum absolute atomic E-state index is 0.0300. The number of hydrogen-bond donors (Lipinski definition) is 0.